The van der Waals surface area contributed by atoms with Gasteiger partial charge in [0.15, 0.2) is 11.5 Å². The maximum Gasteiger partial charge on any atom is 0.231 e. The van der Waals surface area contributed by atoms with Crippen molar-refractivity contribution in [1.82, 2.24) is 0 Å². The molecule has 4 heteroatoms. The Bertz CT molecular complexity index is 543. The van der Waals surface area contributed by atoms with Crippen LogP contribution in [0.15, 0.2) is 18.2 Å². The second-order valence-corrected chi connectivity index (χ2v) is 6.26. The zero-order valence-corrected chi connectivity index (χ0v) is 11.4. The smallest absolute Gasteiger partial charge is 0.231 e. The standard InChI is InChI=1S/C16H19NO3/c18-16(7-12-6-10-1-2-11(12)5-10)17-13-3-4-14-15(8-13)20-9-19-14/h3-4,8,10-12H,1-2,5-7,9H2,(H,17,18). The third-order valence-electron chi connectivity index (χ3n) is 4.99. The van der Waals surface area contributed by atoms with Crippen molar-refractivity contribution >= 4 is 11.6 Å². The van der Waals surface area contributed by atoms with E-state index in [1.807, 2.05) is 18.2 Å². The highest BCUT2D eigenvalue weighted by atomic mass is 16.7. The molecule has 1 aliphatic heterocycles. The molecule has 0 radical (unpaired) electrons. The van der Waals surface area contributed by atoms with Crippen molar-refractivity contribution < 1.29 is 14.3 Å². The van der Waals surface area contributed by atoms with Crippen LogP contribution in [0.4, 0.5) is 5.69 Å². The fraction of sp³-hybridized carbons (Fsp3) is 0.562. The Morgan fingerprint density at radius 3 is 2.90 bits per heavy atom. The molecule has 2 bridgehead atoms. The Hall–Kier alpha value is -1.71. The summed E-state index contributed by atoms with van der Waals surface area (Å²) in [4.78, 5) is 12.2. The lowest BCUT2D eigenvalue weighted by atomic mass is 9.86. The van der Waals surface area contributed by atoms with E-state index in [9.17, 15) is 4.79 Å². The first kappa shape index (κ1) is 12.1. The summed E-state index contributed by atoms with van der Waals surface area (Å²) in [5, 5.41) is 2.98. The van der Waals surface area contributed by atoms with Crippen LogP contribution in [-0.4, -0.2) is 12.7 Å². The van der Waals surface area contributed by atoms with E-state index in [-0.39, 0.29) is 12.7 Å². The third-order valence-corrected chi connectivity index (χ3v) is 4.99. The third kappa shape index (κ3) is 2.13. The Morgan fingerprint density at radius 2 is 2.10 bits per heavy atom. The predicted octanol–water partition coefficient (Wildman–Crippen LogP) is 3.18. The van der Waals surface area contributed by atoms with Crippen LogP contribution in [0.3, 0.4) is 0 Å². The zero-order valence-electron chi connectivity index (χ0n) is 11.4. The minimum Gasteiger partial charge on any atom is -0.454 e. The summed E-state index contributed by atoms with van der Waals surface area (Å²) in [6.07, 6.45) is 5.97. The number of hydrogen-bond donors (Lipinski definition) is 1. The molecule has 0 saturated heterocycles. The summed E-state index contributed by atoms with van der Waals surface area (Å²) < 4.78 is 10.6. The van der Waals surface area contributed by atoms with Gasteiger partial charge in [0.2, 0.25) is 12.7 Å². The lowest BCUT2D eigenvalue weighted by Crippen LogP contribution is -2.20. The second-order valence-electron chi connectivity index (χ2n) is 6.26. The van der Waals surface area contributed by atoms with Crippen molar-refractivity contribution in [3.8, 4) is 11.5 Å². The summed E-state index contributed by atoms with van der Waals surface area (Å²) in [5.74, 6) is 3.87. The van der Waals surface area contributed by atoms with E-state index < -0.39 is 0 Å². The van der Waals surface area contributed by atoms with Crippen LogP contribution in [0, 0.1) is 17.8 Å². The molecule has 0 spiro atoms. The van der Waals surface area contributed by atoms with E-state index in [4.69, 9.17) is 9.47 Å². The van der Waals surface area contributed by atoms with Gasteiger partial charge in [-0.15, -0.1) is 0 Å². The SMILES string of the molecule is O=C(CC1CC2CCC1C2)Nc1ccc2c(c1)OCO2. The molecular formula is C16H19NO3. The Morgan fingerprint density at radius 1 is 1.20 bits per heavy atom. The number of ether oxygens (including phenoxy) is 2. The highest BCUT2D eigenvalue weighted by Crippen LogP contribution is 2.49. The Balaban J connectivity index is 1.38. The summed E-state index contributed by atoms with van der Waals surface area (Å²) in [5.41, 5.74) is 0.794. The number of hydrogen-bond acceptors (Lipinski definition) is 3. The first-order valence-electron chi connectivity index (χ1n) is 7.47. The molecule has 3 aliphatic rings. The van der Waals surface area contributed by atoms with E-state index >= 15 is 0 Å². The molecule has 2 saturated carbocycles. The molecule has 2 fully saturated rings. The summed E-state index contributed by atoms with van der Waals surface area (Å²) in [6.45, 7) is 0.262. The number of carbonyl (C=O) groups excluding carboxylic acids is 1. The number of rotatable bonds is 3. The van der Waals surface area contributed by atoms with Gasteiger partial charge in [0.05, 0.1) is 0 Å². The minimum atomic E-state index is 0.126. The highest BCUT2D eigenvalue weighted by molar-refractivity contribution is 5.91. The predicted molar refractivity (Wildman–Crippen MR) is 74.7 cm³/mol. The van der Waals surface area contributed by atoms with E-state index in [1.165, 1.54) is 25.7 Å². The summed E-state index contributed by atoms with van der Waals surface area (Å²) in [6, 6.07) is 5.54. The summed E-state index contributed by atoms with van der Waals surface area (Å²) in [7, 11) is 0. The number of benzene rings is 1. The van der Waals surface area contributed by atoms with Crippen LogP contribution >= 0.6 is 0 Å². The molecule has 2 aliphatic carbocycles. The Labute approximate surface area is 118 Å². The molecule has 1 aromatic rings. The normalized spacial score (nSPS) is 29.7. The van der Waals surface area contributed by atoms with Crippen molar-refractivity contribution in [3.63, 3.8) is 0 Å². The monoisotopic (exact) mass is 273 g/mol. The van der Waals surface area contributed by atoms with E-state index in [1.54, 1.807) is 0 Å². The van der Waals surface area contributed by atoms with Gasteiger partial charge in [-0.25, -0.2) is 0 Å². The van der Waals surface area contributed by atoms with Gasteiger partial charge >= 0.3 is 0 Å². The van der Waals surface area contributed by atoms with Gasteiger partial charge in [-0.3, -0.25) is 4.79 Å². The fourth-order valence-corrected chi connectivity index (χ4v) is 4.05. The number of carbonyl (C=O) groups is 1. The number of anilines is 1. The molecule has 1 aromatic carbocycles. The fourth-order valence-electron chi connectivity index (χ4n) is 4.05. The van der Waals surface area contributed by atoms with Crippen molar-refractivity contribution in [1.29, 1.82) is 0 Å². The molecule has 0 aromatic heterocycles. The first-order valence-corrected chi connectivity index (χ1v) is 7.47. The highest BCUT2D eigenvalue weighted by Gasteiger charge is 2.40. The molecule has 3 unspecified atom stereocenters. The number of fused-ring (bicyclic) bond motifs is 3. The maximum absolute atomic E-state index is 12.2. The molecule has 1 amide bonds. The van der Waals surface area contributed by atoms with Gasteiger partial charge in [0.25, 0.3) is 0 Å². The van der Waals surface area contributed by atoms with Crippen LogP contribution in [0.5, 0.6) is 11.5 Å². The second kappa shape index (κ2) is 4.69. The molecule has 20 heavy (non-hydrogen) atoms. The molecule has 106 valence electrons. The average Bonchev–Trinajstić information content (AvgIpc) is 3.13. The van der Waals surface area contributed by atoms with Crippen LogP contribution < -0.4 is 14.8 Å². The van der Waals surface area contributed by atoms with Crippen molar-refractivity contribution in [2.24, 2.45) is 17.8 Å². The van der Waals surface area contributed by atoms with E-state index in [2.05, 4.69) is 5.32 Å². The largest absolute Gasteiger partial charge is 0.454 e. The van der Waals surface area contributed by atoms with E-state index in [0.717, 1.165) is 23.3 Å². The lowest BCUT2D eigenvalue weighted by Gasteiger charge is -2.20. The summed E-state index contributed by atoms with van der Waals surface area (Å²) >= 11 is 0. The quantitative estimate of drug-likeness (QED) is 0.920. The average molecular weight is 273 g/mol. The van der Waals surface area contributed by atoms with Gasteiger partial charge < -0.3 is 14.8 Å². The molecule has 4 rings (SSSR count). The Kier molecular flexibility index (Phi) is 2.83. The molecule has 1 N–H and O–H groups in total. The lowest BCUT2D eigenvalue weighted by molar-refractivity contribution is -0.117. The van der Waals surface area contributed by atoms with Gasteiger partial charge in [-0.2, -0.15) is 0 Å². The molecular weight excluding hydrogens is 254 g/mol. The van der Waals surface area contributed by atoms with Crippen molar-refractivity contribution in [3.05, 3.63) is 18.2 Å². The minimum absolute atomic E-state index is 0.126. The topological polar surface area (TPSA) is 47.6 Å². The van der Waals surface area contributed by atoms with Gasteiger partial charge in [0.1, 0.15) is 0 Å². The zero-order chi connectivity index (χ0) is 13.5. The van der Waals surface area contributed by atoms with Crippen LogP contribution in [-0.2, 0) is 4.79 Å². The van der Waals surface area contributed by atoms with Crippen molar-refractivity contribution in [2.45, 2.75) is 32.1 Å². The molecule has 4 nitrogen and oxygen atoms in total. The van der Waals surface area contributed by atoms with Gasteiger partial charge in [-0.1, -0.05) is 6.42 Å². The first-order chi connectivity index (χ1) is 9.78. The van der Waals surface area contributed by atoms with Gasteiger partial charge in [-0.05, 0) is 49.1 Å². The van der Waals surface area contributed by atoms with Gasteiger partial charge in [0, 0.05) is 18.2 Å². The number of amides is 1. The molecule has 3 atom stereocenters. The van der Waals surface area contributed by atoms with Crippen molar-refractivity contribution in [2.75, 3.05) is 12.1 Å². The maximum atomic E-state index is 12.2. The van der Waals surface area contributed by atoms with Crippen LogP contribution in [0.1, 0.15) is 32.1 Å². The number of nitrogens with one attached hydrogen (secondary N) is 1. The van der Waals surface area contributed by atoms with Crippen LogP contribution in [0.25, 0.3) is 0 Å². The van der Waals surface area contributed by atoms with Crippen LogP contribution in [0.2, 0.25) is 0 Å². The van der Waals surface area contributed by atoms with E-state index in [0.29, 0.717) is 18.1 Å². The molecule has 1 heterocycles.